The predicted octanol–water partition coefficient (Wildman–Crippen LogP) is 2.43. The highest BCUT2D eigenvalue weighted by molar-refractivity contribution is 5.78. The Kier molecular flexibility index (Phi) is 6.45. The summed E-state index contributed by atoms with van der Waals surface area (Å²) in [4.78, 5) is 14.5. The average molecular weight is 347 g/mol. The molecule has 2 fully saturated rings. The molecule has 0 aliphatic carbocycles. The Morgan fingerprint density at radius 2 is 2.00 bits per heavy atom. The summed E-state index contributed by atoms with van der Waals surface area (Å²) in [7, 11) is 1.69. The number of methoxy groups -OCH3 is 1. The van der Waals surface area contributed by atoms with Crippen LogP contribution in [-0.4, -0.2) is 62.5 Å². The van der Waals surface area contributed by atoms with Crippen LogP contribution in [0.15, 0.2) is 30.3 Å². The third-order valence-electron chi connectivity index (χ3n) is 5.31. The summed E-state index contributed by atoms with van der Waals surface area (Å²) < 4.78 is 17.1. The second-order valence-corrected chi connectivity index (χ2v) is 7.05. The van der Waals surface area contributed by atoms with Crippen LogP contribution in [0, 0.1) is 0 Å². The number of hydrogen-bond acceptors (Lipinski definition) is 4. The monoisotopic (exact) mass is 347 g/mol. The molecular weight excluding hydrogens is 318 g/mol. The molecule has 1 unspecified atom stereocenters. The first-order chi connectivity index (χ1) is 12.2. The average Bonchev–Trinajstić information content (AvgIpc) is 2.63. The molecule has 2 heterocycles. The van der Waals surface area contributed by atoms with Crippen molar-refractivity contribution in [2.75, 3.05) is 40.0 Å². The van der Waals surface area contributed by atoms with E-state index in [9.17, 15) is 4.79 Å². The number of ether oxygens (including phenoxy) is 3. The summed E-state index contributed by atoms with van der Waals surface area (Å²) in [6.45, 7) is 3.56. The number of amides is 1. The quantitative estimate of drug-likeness (QED) is 0.742. The van der Waals surface area contributed by atoms with Gasteiger partial charge >= 0.3 is 0 Å². The summed E-state index contributed by atoms with van der Waals surface area (Å²) in [5.74, 6) is 0.213. The summed E-state index contributed by atoms with van der Waals surface area (Å²) in [6, 6.07) is 9.95. The Hall–Kier alpha value is -1.43. The van der Waals surface area contributed by atoms with Crippen molar-refractivity contribution in [2.24, 2.45) is 0 Å². The number of nitrogens with zero attached hydrogens (tertiary/aromatic N) is 1. The second kappa shape index (κ2) is 8.79. The minimum atomic E-state index is -0.112. The fourth-order valence-electron chi connectivity index (χ4n) is 3.82. The van der Waals surface area contributed by atoms with Crippen molar-refractivity contribution in [3.8, 4) is 0 Å². The molecule has 2 aliphatic heterocycles. The van der Waals surface area contributed by atoms with Crippen molar-refractivity contribution in [2.45, 2.75) is 43.8 Å². The predicted molar refractivity (Wildman–Crippen MR) is 95.5 cm³/mol. The number of carbonyl (C=O) groups excluding carboxylic acids is 1. The van der Waals surface area contributed by atoms with E-state index in [0.717, 1.165) is 50.9 Å². The van der Waals surface area contributed by atoms with Gasteiger partial charge in [-0.2, -0.15) is 0 Å². The fourth-order valence-corrected chi connectivity index (χ4v) is 3.82. The van der Waals surface area contributed by atoms with E-state index < -0.39 is 0 Å². The highest BCUT2D eigenvalue weighted by Gasteiger charge is 2.41. The van der Waals surface area contributed by atoms with Crippen LogP contribution in [0.2, 0.25) is 0 Å². The molecule has 138 valence electrons. The number of piperidine rings is 1. The summed E-state index contributed by atoms with van der Waals surface area (Å²) in [6.07, 6.45) is 4.40. The summed E-state index contributed by atoms with van der Waals surface area (Å²) in [5.41, 5.74) is 0.966. The topological polar surface area (TPSA) is 48.0 Å². The van der Waals surface area contributed by atoms with Gasteiger partial charge in [0.1, 0.15) is 0 Å². The van der Waals surface area contributed by atoms with Crippen LogP contribution >= 0.6 is 0 Å². The third-order valence-corrected chi connectivity index (χ3v) is 5.31. The Labute approximate surface area is 150 Å². The highest BCUT2D eigenvalue weighted by atomic mass is 16.5. The maximum Gasteiger partial charge on any atom is 0.226 e. The first-order valence-electron chi connectivity index (χ1n) is 9.27. The Balaban J connectivity index is 1.48. The lowest BCUT2D eigenvalue weighted by atomic mass is 9.83. The van der Waals surface area contributed by atoms with Gasteiger partial charge in [0.05, 0.1) is 31.3 Å². The number of benzene rings is 1. The normalized spacial score (nSPS) is 22.9. The molecule has 1 spiro atoms. The maximum atomic E-state index is 12.5. The van der Waals surface area contributed by atoms with Gasteiger partial charge in [0.2, 0.25) is 5.91 Å². The van der Waals surface area contributed by atoms with E-state index >= 15 is 0 Å². The van der Waals surface area contributed by atoms with E-state index in [0.29, 0.717) is 19.6 Å². The molecule has 0 radical (unpaired) electrons. The van der Waals surface area contributed by atoms with Crippen molar-refractivity contribution >= 4 is 5.91 Å². The number of hydrogen-bond donors (Lipinski definition) is 0. The summed E-state index contributed by atoms with van der Waals surface area (Å²) >= 11 is 0. The largest absolute Gasteiger partial charge is 0.382 e. The van der Waals surface area contributed by atoms with Gasteiger partial charge in [0.15, 0.2) is 0 Å². The van der Waals surface area contributed by atoms with Crippen LogP contribution in [-0.2, 0) is 25.4 Å². The van der Waals surface area contributed by atoms with Gasteiger partial charge < -0.3 is 19.1 Å². The lowest BCUT2D eigenvalue weighted by molar-refractivity contribution is -0.162. The van der Waals surface area contributed by atoms with Crippen LogP contribution in [0.5, 0.6) is 0 Å². The van der Waals surface area contributed by atoms with Crippen LogP contribution in [0.3, 0.4) is 0 Å². The molecule has 2 aliphatic rings. The fraction of sp³-hybridized carbons (Fsp3) is 0.650. The van der Waals surface area contributed by atoms with E-state index in [1.54, 1.807) is 7.11 Å². The number of likely N-dealkylation sites (tertiary alicyclic amines) is 1. The first kappa shape index (κ1) is 18.4. The van der Waals surface area contributed by atoms with Gasteiger partial charge in [-0.15, -0.1) is 0 Å². The third kappa shape index (κ3) is 5.03. The molecule has 5 nitrogen and oxygen atoms in total. The molecule has 25 heavy (non-hydrogen) atoms. The first-order valence-corrected chi connectivity index (χ1v) is 9.27. The van der Waals surface area contributed by atoms with Gasteiger partial charge in [-0.1, -0.05) is 30.3 Å². The standard InChI is InChI=1S/C20H29NO4/c1-23-13-14-24-18-7-12-25-20(16-18)8-10-21(11-9-20)19(22)15-17-5-3-2-4-6-17/h2-6,18H,7-16H2,1H3. The Bertz CT molecular complexity index is 540. The minimum Gasteiger partial charge on any atom is -0.382 e. The number of rotatable bonds is 6. The van der Waals surface area contributed by atoms with E-state index in [1.165, 1.54) is 0 Å². The van der Waals surface area contributed by atoms with Gasteiger partial charge in [-0.3, -0.25) is 4.79 Å². The lowest BCUT2D eigenvalue weighted by Crippen LogP contribution is -2.52. The smallest absolute Gasteiger partial charge is 0.226 e. The Morgan fingerprint density at radius 3 is 2.72 bits per heavy atom. The minimum absolute atomic E-state index is 0.112. The molecule has 0 bridgehead atoms. The number of carbonyl (C=O) groups is 1. The molecule has 5 heteroatoms. The second-order valence-electron chi connectivity index (χ2n) is 7.05. The van der Waals surface area contributed by atoms with Crippen LogP contribution in [0.1, 0.15) is 31.2 Å². The van der Waals surface area contributed by atoms with Gasteiger partial charge in [-0.25, -0.2) is 0 Å². The zero-order chi connectivity index (χ0) is 17.5. The van der Waals surface area contributed by atoms with Gasteiger partial charge in [0.25, 0.3) is 0 Å². The van der Waals surface area contributed by atoms with Gasteiger partial charge in [0, 0.05) is 33.2 Å². The maximum absolute atomic E-state index is 12.5. The van der Waals surface area contributed by atoms with E-state index in [2.05, 4.69) is 0 Å². The van der Waals surface area contributed by atoms with Gasteiger partial charge in [-0.05, 0) is 24.8 Å². The van der Waals surface area contributed by atoms with Crippen LogP contribution in [0.25, 0.3) is 0 Å². The molecule has 3 rings (SSSR count). The van der Waals surface area contributed by atoms with Crippen LogP contribution in [0.4, 0.5) is 0 Å². The molecule has 1 atom stereocenters. The van der Waals surface area contributed by atoms with Crippen LogP contribution < -0.4 is 0 Å². The van der Waals surface area contributed by atoms with E-state index in [4.69, 9.17) is 14.2 Å². The van der Waals surface area contributed by atoms with Crippen molar-refractivity contribution in [1.29, 1.82) is 0 Å². The molecule has 0 aromatic heterocycles. The van der Waals surface area contributed by atoms with Crippen molar-refractivity contribution in [1.82, 2.24) is 4.90 Å². The van der Waals surface area contributed by atoms with Crippen molar-refractivity contribution in [3.63, 3.8) is 0 Å². The molecule has 1 aromatic rings. The van der Waals surface area contributed by atoms with E-state index in [1.807, 2.05) is 35.2 Å². The van der Waals surface area contributed by atoms with Crippen molar-refractivity contribution < 1.29 is 19.0 Å². The SMILES string of the molecule is COCCOC1CCOC2(CCN(C(=O)Cc3ccccc3)CC2)C1. The zero-order valence-corrected chi connectivity index (χ0v) is 15.1. The van der Waals surface area contributed by atoms with E-state index in [-0.39, 0.29) is 17.6 Å². The highest BCUT2D eigenvalue weighted by Crippen LogP contribution is 2.36. The molecule has 0 saturated carbocycles. The molecule has 0 N–H and O–H groups in total. The zero-order valence-electron chi connectivity index (χ0n) is 15.1. The molecule has 2 saturated heterocycles. The molecule has 1 amide bonds. The van der Waals surface area contributed by atoms with Crippen molar-refractivity contribution in [3.05, 3.63) is 35.9 Å². The lowest BCUT2D eigenvalue weighted by Gasteiger charge is -2.46. The summed E-state index contributed by atoms with van der Waals surface area (Å²) in [5, 5.41) is 0. The molecule has 1 aromatic carbocycles. The molecular formula is C20H29NO4. The Morgan fingerprint density at radius 1 is 1.24 bits per heavy atom.